The molecule has 2 heterocycles. The van der Waals surface area contributed by atoms with E-state index in [0.29, 0.717) is 24.3 Å². The number of morpholine rings is 1. The molecule has 2 N–H and O–H groups in total. The molecular weight excluding hydrogens is 320 g/mol. The summed E-state index contributed by atoms with van der Waals surface area (Å²) in [5.74, 6) is -0.0300. The Labute approximate surface area is 147 Å². The smallest absolute Gasteiger partial charge is 0.251 e. The molecule has 6 heteroatoms. The first-order valence-corrected chi connectivity index (χ1v) is 8.55. The molecule has 1 fully saturated rings. The highest BCUT2D eigenvalue weighted by atomic mass is 16.5. The van der Waals surface area contributed by atoms with Crippen LogP contribution in [-0.2, 0) is 11.3 Å². The summed E-state index contributed by atoms with van der Waals surface area (Å²) >= 11 is 0. The van der Waals surface area contributed by atoms with Gasteiger partial charge in [-0.15, -0.1) is 0 Å². The van der Waals surface area contributed by atoms with Gasteiger partial charge in [0.15, 0.2) is 0 Å². The summed E-state index contributed by atoms with van der Waals surface area (Å²) in [5, 5.41) is 12.6. The molecule has 25 heavy (non-hydrogen) atoms. The maximum atomic E-state index is 12.3. The molecule has 1 amide bonds. The minimum atomic E-state index is -0.167. The second-order valence-corrected chi connectivity index (χ2v) is 6.35. The van der Waals surface area contributed by atoms with Gasteiger partial charge in [-0.2, -0.15) is 0 Å². The number of nitrogens with zero attached hydrogens (tertiary/aromatic N) is 1. The van der Waals surface area contributed by atoms with E-state index in [4.69, 9.17) is 9.15 Å². The molecule has 1 atom stereocenters. The molecule has 0 radical (unpaired) electrons. The Hall–Kier alpha value is -2.31. The number of hydrogen-bond acceptors (Lipinski definition) is 5. The van der Waals surface area contributed by atoms with Crippen LogP contribution in [0.1, 0.15) is 27.9 Å². The first-order valence-electron chi connectivity index (χ1n) is 8.55. The third kappa shape index (κ3) is 4.61. The van der Waals surface area contributed by atoms with Crippen LogP contribution in [0.15, 0.2) is 41.2 Å². The number of aromatic hydroxyl groups is 1. The summed E-state index contributed by atoms with van der Waals surface area (Å²) in [6, 6.07) is 6.95. The largest absolute Gasteiger partial charge is 0.508 e. The van der Waals surface area contributed by atoms with Crippen molar-refractivity contribution >= 4 is 5.91 Å². The van der Waals surface area contributed by atoms with Gasteiger partial charge < -0.3 is 19.6 Å². The normalized spacial score (nSPS) is 18.2. The number of amides is 1. The fraction of sp³-hybridized carbons (Fsp3) is 0.421. The second-order valence-electron chi connectivity index (χ2n) is 6.35. The topological polar surface area (TPSA) is 74.9 Å². The van der Waals surface area contributed by atoms with Crippen LogP contribution < -0.4 is 5.32 Å². The van der Waals surface area contributed by atoms with Gasteiger partial charge in [-0.25, -0.2) is 0 Å². The number of nitrogens with one attached hydrogen (secondary N) is 1. The van der Waals surface area contributed by atoms with Gasteiger partial charge in [0, 0.05) is 42.9 Å². The highest BCUT2D eigenvalue weighted by Crippen LogP contribution is 2.19. The Morgan fingerprint density at radius 3 is 3.08 bits per heavy atom. The average Bonchev–Trinajstić information content (AvgIpc) is 3.10. The zero-order chi connectivity index (χ0) is 17.6. The lowest BCUT2D eigenvalue weighted by atomic mass is 10.1. The zero-order valence-corrected chi connectivity index (χ0v) is 14.4. The van der Waals surface area contributed by atoms with Gasteiger partial charge in [0.25, 0.3) is 5.91 Å². The maximum absolute atomic E-state index is 12.3. The SMILES string of the molecule is Cc1c(O)cccc1C(=O)NCC[C@@H]1CN(Cc2ccoc2)CCO1. The van der Waals surface area contributed by atoms with E-state index in [-0.39, 0.29) is 17.8 Å². The first kappa shape index (κ1) is 17.5. The van der Waals surface area contributed by atoms with E-state index in [1.54, 1.807) is 37.6 Å². The van der Waals surface area contributed by atoms with Gasteiger partial charge >= 0.3 is 0 Å². The standard InChI is InChI=1S/C19H24N2O4/c1-14-17(3-2-4-18(14)22)19(23)20-7-5-16-12-21(8-10-25-16)11-15-6-9-24-13-15/h2-4,6,9,13,16,22H,5,7-8,10-12H2,1H3,(H,20,23)/t16-/m1/s1. The van der Waals surface area contributed by atoms with Crippen LogP contribution >= 0.6 is 0 Å². The molecule has 0 saturated carbocycles. The summed E-state index contributed by atoms with van der Waals surface area (Å²) in [4.78, 5) is 14.6. The van der Waals surface area contributed by atoms with Gasteiger partial charge in [0.2, 0.25) is 0 Å². The summed E-state index contributed by atoms with van der Waals surface area (Å²) < 4.78 is 10.9. The van der Waals surface area contributed by atoms with Gasteiger partial charge in [-0.05, 0) is 31.5 Å². The Morgan fingerprint density at radius 2 is 2.28 bits per heavy atom. The van der Waals surface area contributed by atoms with Crippen molar-refractivity contribution in [2.24, 2.45) is 0 Å². The molecule has 1 aromatic heterocycles. The summed E-state index contributed by atoms with van der Waals surface area (Å²) in [5.41, 5.74) is 2.26. The molecule has 6 nitrogen and oxygen atoms in total. The lowest BCUT2D eigenvalue weighted by Crippen LogP contribution is -2.43. The maximum Gasteiger partial charge on any atom is 0.251 e. The van der Waals surface area contributed by atoms with Crippen molar-refractivity contribution in [3.8, 4) is 5.75 Å². The van der Waals surface area contributed by atoms with Crippen LogP contribution in [-0.4, -0.2) is 48.3 Å². The third-order valence-corrected chi connectivity index (χ3v) is 4.51. The van der Waals surface area contributed by atoms with Crippen molar-refractivity contribution in [2.45, 2.75) is 26.0 Å². The summed E-state index contributed by atoms with van der Waals surface area (Å²) in [6.45, 7) is 5.57. The van der Waals surface area contributed by atoms with E-state index < -0.39 is 0 Å². The van der Waals surface area contributed by atoms with E-state index in [0.717, 1.165) is 31.6 Å². The van der Waals surface area contributed by atoms with Crippen LogP contribution in [0, 0.1) is 6.92 Å². The minimum Gasteiger partial charge on any atom is -0.508 e. The van der Waals surface area contributed by atoms with Crippen molar-refractivity contribution in [3.05, 3.63) is 53.5 Å². The van der Waals surface area contributed by atoms with Crippen LogP contribution in [0.25, 0.3) is 0 Å². The Kier molecular flexibility index (Phi) is 5.73. The van der Waals surface area contributed by atoms with E-state index >= 15 is 0 Å². The number of furan rings is 1. The molecule has 0 unspecified atom stereocenters. The number of phenols is 1. The molecule has 0 bridgehead atoms. The van der Waals surface area contributed by atoms with Gasteiger partial charge in [-0.1, -0.05) is 6.07 Å². The molecule has 134 valence electrons. The number of benzene rings is 1. The van der Waals surface area contributed by atoms with Crippen LogP contribution in [0.4, 0.5) is 0 Å². The molecule has 0 aliphatic carbocycles. The highest BCUT2D eigenvalue weighted by Gasteiger charge is 2.21. The molecule has 2 aromatic rings. The summed E-state index contributed by atoms with van der Waals surface area (Å²) in [7, 11) is 0. The number of rotatable bonds is 6. The van der Waals surface area contributed by atoms with E-state index in [2.05, 4.69) is 10.2 Å². The minimum absolute atomic E-state index is 0.103. The van der Waals surface area contributed by atoms with Gasteiger partial charge in [-0.3, -0.25) is 9.69 Å². The molecule has 0 spiro atoms. The Bertz CT molecular complexity index is 699. The molecule has 1 aliphatic heterocycles. The van der Waals surface area contributed by atoms with Gasteiger partial charge in [0.05, 0.1) is 25.2 Å². The molecule has 1 saturated heterocycles. The molecule has 1 aromatic carbocycles. The lowest BCUT2D eigenvalue weighted by Gasteiger charge is -2.32. The quantitative estimate of drug-likeness (QED) is 0.841. The first-order chi connectivity index (χ1) is 12.1. The lowest BCUT2D eigenvalue weighted by molar-refractivity contribution is -0.0342. The number of hydrogen-bond donors (Lipinski definition) is 2. The van der Waals surface area contributed by atoms with Crippen LogP contribution in [0.3, 0.4) is 0 Å². The predicted octanol–water partition coefficient (Wildman–Crippen LogP) is 2.31. The van der Waals surface area contributed by atoms with E-state index in [1.807, 2.05) is 6.07 Å². The highest BCUT2D eigenvalue weighted by molar-refractivity contribution is 5.96. The van der Waals surface area contributed by atoms with Crippen molar-refractivity contribution in [1.82, 2.24) is 10.2 Å². The number of ether oxygens (including phenoxy) is 1. The number of carbonyl (C=O) groups is 1. The third-order valence-electron chi connectivity index (χ3n) is 4.51. The fourth-order valence-corrected chi connectivity index (χ4v) is 3.05. The molecule has 1 aliphatic rings. The van der Waals surface area contributed by atoms with Crippen molar-refractivity contribution in [1.29, 1.82) is 0 Å². The van der Waals surface area contributed by atoms with Gasteiger partial charge in [0.1, 0.15) is 5.75 Å². The zero-order valence-electron chi connectivity index (χ0n) is 14.4. The average molecular weight is 344 g/mol. The van der Waals surface area contributed by atoms with Crippen LogP contribution in [0.5, 0.6) is 5.75 Å². The van der Waals surface area contributed by atoms with Crippen molar-refractivity contribution < 1.29 is 19.1 Å². The predicted molar refractivity (Wildman–Crippen MR) is 93.5 cm³/mol. The Morgan fingerprint density at radius 1 is 1.40 bits per heavy atom. The second kappa shape index (κ2) is 8.18. The fourth-order valence-electron chi connectivity index (χ4n) is 3.05. The number of carbonyl (C=O) groups excluding carboxylic acids is 1. The Balaban J connectivity index is 1.45. The molecule has 3 rings (SSSR count). The monoisotopic (exact) mass is 344 g/mol. The van der Waals surface area contributed by atoms with E-state index in [9.17, 15) is 9.90 Å². The molecular formula is C19H24N2O4. The van der Waals surface area contributed by atoms with Crippen molar-refractivity contribution in [2.75, 3.05) is 26.2 Å². The van der Waals surface area contributed by atoms with E-state index in [1.165, 1.54) is 0 Å². The summed E-state index contributed by atoms with van der Waals surface area (Å²) in [6.07, 6.45) is 4.31. The van der Waals surface area contributed by atoms with Crippen LogP contribution in [0.2, 0.25) is 0 Å². The number of phenolic OH excluding ortho intramolecular Hbond substituents is 1. The van der Waals surface area contributed by atoms with Crippen molar-refractivity contribution in [3.63, 3.8) is 0 Å².